The molecule has 6 rings (SSSR count). The van der Waals surface area contributed by atoms with Crippen molar-refractivity contribution in [1.82, 2.24) is 19.7 Å². The predicted molar refractivity (Wildman–Crippen MR) is 153 cm³/mol. The molecule has 1 aromatic carbocycles. The normalized spacial score (nSPS) is 26.1. The Kier molecular flexibility index (Phi) is 6.62. The van der Waals surface area contributed by atoms with Crippen molar-refractivity contribution < 1.29 is 9.59 Å². The first-order chi connectivity index (χ1) is 18.1. The van der Waals surface area contributed by atoms with Crippen LogP contribution in [0.3, 0.4) is 0 Å². The highest BCUT2D eigenvalue weighted by Crippen LogP contribution is 2.48. The van der Waals surface area contributed by atoms with Gasteiger partial charge in [-0.1, -0.05) is 11.6 Å². The molecule has 3 fully saturated rings. The lowest BCUT2D eigenvalue weighted by Crippen LogP contribution is -2.57. The van der Waals surface area contributed by atoms with Crippen molar-refractivity contribution in [3.63, 3.8) is 0 Å². The summed E-state index contributed by atoms with van der Waals surface area (Å²) in [7, 11) is 0. The molecule has 0 radical (unpaired) electrons. The van der Waals surface area contributed by atoms with E-state index in [1.807, 2.05) is 12.3 Å². The summed E-state index contributed by atoms with van der Waals surface area (Å²) >= 11 is 8.26. The van der Waals surface area contributed by atoms with Crippen molar-refractivity contribution in [3.05, 3.63) is 51.5 Å². The van der Waals surface area contributed by atoms with Crippen molar-refractivity contribution >= 4 is 45.0 Å². The molecule has 4 heterocycles. The zero-order chi connectivity index (χ0) is 26.9. The summed E-state index contributed by atoms with van der Waals surface area (Å²) in [5, 5.41) is 0.723. The molecular weight excluding hydrogens is 516 g/mol. The molecule has 38 heavy (non-hydrogen) atoms. The van der Waals surface area contributed by atoms with Gasteiger partial charge in [0.15, 0.2) is 0 Å². The molecule has 2 aliphatic heterocycles. The summed E-state index contributed by atoms with van der Waals surface area (Å²) in [6, 6.07) is 9.67. The molecule has 0 N–H and O–H groups in total. The fraction of sp³-hybridized carbons (Fsp3) is 0.500. The van der Waals surface area contributed by atoms with Crippen LogP contribution in [0.1, 0.15) is 50.1 Å². The van der Waals surface area contributed by atoms with Crippen molar-refractivity contribution in [3.8, 4) is 11.1 Å². The molecule has 1 aliphatic carbocycles. The Morgan fingerprint density at radius 2 is 1.71 bits per heavy atom. The molecule has 2 amide bonds. The highest BCUT2D eigenvalue weighted by molar-refractivity contribution is 7.19. The van der Waals surface area contributed by atoms with E-state index in [1.165, 1.54) is 16.0 Å². The van der Waals surface area contributed by atoms with Crippen LogP contribution in [0.15, 0.2) is 30.5 Å². The predicted octanol–water partition coefficient (Wildman–Crippen LogP) is 5.73. The molecule has 2 saturated heterocycles. The van der Waals surface area contributed by atoms with Crippen molar-refractivity contribution in [2.24, 2.45) is 11.8 Å². The Hall–Kier alpha value is -2.32. The number of carbonyl (C=O) groups is 2. The van der Waals surface area contributed by atoms with Gasteiger partial charge in [-0.05, 0) is 82.0 Å². The molecule has 6 nitrogen and oxygen atoms in total. The third-order valence-corrected chi connectivity index (χ3v) is 10.0. The number of hydrogen-bond donors (Lipinski definition) is 0. The summed E-state index contributed by atoms with van der Waals surface area (Å²) in [6.45, 7) is 14.7. The van der Waals surface area contributed by atoms with Gasteiger partial charge >= 0.3 is 0 Å². The van der Waals surface area contributed by atoms with Gasteiger partial charge in [0.2, 0.25) is 11.8 Å². The number of thiophene rings is 1. The number of likely N-dealkylation sites (tertiary alicyclic amines) is 1. The van der Waals surface area contributed by atoms with Gasteiger partial charge in [0, 0.05) is 59.4 Å². The number of nitrogens with zero attached hydrogens (tertiary/aromatic N) is 4. The largest absolute Gasteiger partial charge is 0.298 e. The number of rotatable bonds is 6. The van der Waals surface area contributed by atoms with Gasteiger partial charge in [-0.2, -0.15) is 0 Å². The van der Waals surface area contributed by atoms with E-state index in [2.05, 4.69) is 67.6 Å². The fourth-order valence-electron chi connectivity index (χ4n) is 6.38. The van der Waals surface area contributed by atoms with Crippen LogP contribution < -0.4 is 0 Å². The van der Waals surface area contributed by atoms with E-state index in [0.29, 0.717) is 24.7 Å². The number of halogens is 1. The van der Waals surface area contributed by atoms with Gasteiger partial charge in [0.25, 0.3) is 0 Å². The van der Waals surface area contributed by atoms with Gasteiger partial charge in [-0.15, -0.1) is 11.3 Å². The van der Waals surface area contributed by atoms with E-state index in [1.54, 1.807) is 11.3 Å². The lowest BCUT2D eigenvalue weighted by Gasteiger charge is -2.46. The Balaban J connectivity index is 1.35. The standard InChI is InChI=1S/C30H35ClN4O2S/c1-16(2)33-12-18(4)34(19(5)13-33)15-26-17(3)8-20(31)9-23(26)22-6-7-32-27-10-21(38-28(22)27)14-35-29(36)24-11-25(24)30(35)37/h6-10,16,18-19,24-25H,11-15H2,1-5H3/t18-,19-,24?,25?/m0/s1. The minimum absolute atomic E-state index is 0.0146. The van der Waals surface area contributed by atoms with E-state index in [4.69, 9.17) is 11.6 Å². The molecule has 3 aromatic rings. The highest BCUT2D eigenvalue weighted by Gasteiger charge is 2.58. The van der Waals surface area contributed by atoms with E-state index in [0.717, 1.165) is 57.3 Å². The Morgan fingerprint density at radius 1 is 1.03 bits per heavy atom. The smallest absolute Gasteiger partial charge is 0.233 e. The molecule has 0 bridgehead atoms. The van der Waals surface area contributed by atoms with Crippen LogP contribution in [0.4, 0.5) is 0 Å². The first-order valence-corrected chi connectivity index (χ1v) is 14.8. The van der Waals surface area contributed by atoms with Gasteiger partial charge in [-0.25, -0.2) is 0 Å². The summed E-state index contributed by atoms with van der Waals surface area (Å²) in [5.41, 5.74) is 5.61. The lowest BCUT2D eigenvalue weighted by atomic mass is 9.94. The summed E-state index contributed by atoms with van der Waals surface area (Å²) in [4.78, 5) is 37.4. The maximum Gasteiger partial charge on any atom is 0.233 e. The summed E-state index contributed by atoms with van der Waals surface area (Å²) < 4.78 is 1.07. The van der Waals surface area contributed by atoms with Crippen LogP contribution in [-0.2, 0) is 22.7 Å². The molecule has 3 aliphatic rings. The first-order valence-electron chi connectivity index (χ1n) is 13.6. The zero-order valence-corrected chi connectivity index (χ0v) is 24.3. The number of aromatic nitrogens is 1. The molecule has 200 valence electrons. The van der Waals surface area contributed by atoms with Gasteiger partial charge < -0.3 is 0 Å². The van der Waals surface area contributed by atoms with Crippen LogP contribution in [0.5, 0.6) is 0 Å². The van der Waals surface area contributed by atoms with E-state index in [-0.39, 0.29) is 23.7 Å². The van der Waals surface area contributed by atoms with Gasteiger partial charge in [0.1, 0.15) is 0 Å². The molecule has 0 spiro atoms. The van der Waals surface area contributed by atoms with Crippen LogP contribution in [-0.4, -0.2) is 62.7 Å². The Bertz CT molecular complexity index is 1400. The van der Waals surface area contributed by atoms with Gasteiger partial charge in [-0.3, -0.25) is 29.3 Å². The minimum atomic E-state index is -0.0743. The average Bonchev–Trinajstić information content (AvgIpc) is 3.50. The van der Waals surface area contributed by atoms with Crippen molar-refractivity contribution in [1.29, 1.82) is 0 Å². The molecule has 2 unspecified atom stereocenters. The van der Waals surface area contributed by atoms with Crippen LogP contribution >= 0.6 is 22.9 Å². The number of imide groups is 1. The van der Waals surface area contributed by atoms with Gasteiger partial charge in [0.05, 0.1) is 28.6 Å². The second-order valence-electron chi connectivity index (χ2n) is 11.7. The van der Waals surface area contributed by atoms with Crippen molar-refractivity contribution in [2.45, 2.75) is 72.3 Å². The van der Waals surface area contributed by atoms with Crippen molar-refractivity contribution in [2.75, 3.05) is 13.1 Å². The number of amides is 2. The SMILES string of the molecule is Cc1cc(Cl)cc(-c2ccnc3cc(CN4C(=O)C5CC5C4=O)sc23)c1CN1[C@@H](C)CN(C(C)C)C[C@@H]1C. The molecule has 2 aromatic heterocycles. The Labute approximate surface area is 233 Å². The van der Waals surface area contributed by atoms with Crippen LogP contribution in [0.25, 0.3) is 21.3 Å². The second-order valence-corrected chi connectivity index (χ2v) is 13.2. The number of carbonyl (C=O) groups excluding carboxylic acids is 2. The van der Waals surface area contributed by atoms with E-state index < -0.39 is 0 Å². The van der Waals surface area contributed by atoms with E-state index >= 15 is 0 Å². The maximum absolute atomic E-state index is 12.6. The summed E-state index contributed by atoms with van der Waals surface area (Å²) in [6.07, 6.45) is 2.58. The maximum atomic E-state index is 12.6. The fourth-order valence-corrected chi connectivity index (χ4v) is 7.78. The second kappa shape index (κ2) is 9.70. The van der Waals surface area contributed by atoms with Crippen LogP contribution in [0, 0.1) is 18.8 Å². The topological polar surface area (TPSA) is 56.8 Å². The monoisotopic (exact) mass is 550 g/mol. The number of piperazine rings is 1. The average molecular weight is 551 g/mol. The van der Waals surface area contributed by atoms with Crippen LogP contribution in [0.2, 0.25) is 5.02 Å². The Morgan fingerprint density at radius 3 is 2.37 bits per heavy atom. The lowest BCUT2D eigenvalue weighted by molar-refractivity contribution is -0.141. The molecule has 1 saturated carbocycles. The summed E-state index contributed by atoms with van der Waals surface area (Å²) in [5.74, 6) is -0.178. The first kappa shape index (κ1) is 25.9. The number of hydrogen-bond acceptors (Lipinski definition) is 6. The molecule has 4 atom stereocenters. The number of aryl methyl sites for hydroxylation is 1. The van der Waals surface area contributed by atoms with E-state index in [9.17, 15) is 9.59 Å². The number of fused-ring (bicyclic) bond motifs is 2. The quantitative estimate of drug-likeness (QED) is 0.367. The number of benzene rings is 1. The third-order valence-electron chi connectivity index (χ3n) is 8.66. The molecule has 8 heteroatoms. The zero-order valence-electron chi connectivity index (χ0n) is 22.7. The minimum Gasteiger partial charge on any atom is -0.298 e. The number of pyridine rings is 1. The highest BCUT2D eigenvalue weighted by atomic mass is 35.5. The third kappa shape index (κ3) is 4.47. The molecular formula is C30H35ClN4O2S. The number of piperidine rings is 1.